The first kappa shape index (κ1) is 12.3. The van der Waals surface area contributed by atoms with Crippen LogP contribution in [0.4, 0.5) is 0 Å². The van der Waals surface area contributed by atoms with Gasteiger partial charge in [0.15, 0.2) is 5.82 Å². The molecule has 4 nitrogen and oxygen atoms in total. The van der Waals surface area contributed by atoms with Gasteiger partial charge in [0, 0.05) is 23.4 Å². The fourth-order valence-corrected chi connectivity index (χ4v) is 1.88. The van der Waals surface area contributed by atoms with Gasteiger partial charge < -0.3 is 10.3 Å². The van der Waals surface area contributed by atoms with Crippen LogP contribution in [0.3, 0.4) is 0 Å². The van der Waals surface area contributed by atoms with E-state index in [4.69, 9.17) is 10.3 Å². The number of hydrogen-bond donors (Lipinski definition) is 1. The van der Waals surface area contributed by atoms with Crippen molar-refractivity contribution in [3.8, 4) is 0 Å². The first-order chi connectivity index (χ1) is 8.20. The summed E-state index contributed by atoms with van der Waals surface area (Å²) in [4.78, 5) is 4.34. The maximum atomic E-state index is 5.55. The first-order valence-corrected chi connectivity index (χ1v) is 6.26. The second-order valence-electron chi connectivity index (χ2n) is 3.95. The molecule has 0 bridgehead atoms. The quantitative estimate of drug-likeness (QED) is 0.941. The molecule has 2 N–H and O–H groups in total. The lowest BCUT2D eigenvalue weighted by molar-refractivity contribution is 0.357. The van der Waals surface area contributed by atoms with Gasteiger partial charge in [0.1, 0.15) is 0 Å². The zero-order chi connectivity index (χ0) is 12.3. The molecule has 5 heteroatoms. The van der Waals surface area contributed by atoms with Crippen molar-refractivity contribution in [2.45, 2.75) is 19.3 Å². The number of benzene rings is 1. The molecule has 90 valence electrons. The smallest absolute Gasteiger partial charge is 0.230 e. The van der Waals surface area contributed by atoms with Gasteiger partial charge in [-0.05, 0) is 11.6 Å². The molecule has 1 aromatic carbocycles. The molecule has 0 radical (unpaired) electrons. The Balaban J connectivity index is 2.14. The lowest BCUT2D eigenvalue weighted by Gasteiger charge is -2.00. The predicted octanol–water partition coefficient (Wildman–Crippen LogP) is 2.49. The maximum Gasteiger partial charge on any atom is 0.230 e. The van der Waals surface area contributed by atoms with E-state index in [0.717, 1.165) is 10.0 Å². The second-order valence-corrected chi connectivity index (χ2v) is 4.81. The van der Waals surface area contributed by atoms with Crippen molar-refractivity contribution in [1.29, 1.82) is 0 Å². The normalized spacial score (nSPS) is 12.6. The second kappa shape index (κ2) is 5.42. The van der Waals surface area contributed by atoms with Gasteiger partial charge >= 0.3 is 0 Å². The van der Waals surface area contributed by atoms with Crippen LogP contribution in [0.5, 0.6) is 0 Å². The molecule has 0 spiro atoms. The van der Waals surface area contributed by atoms with Crippen molar-refractivity contribution in [3.05, 3.63) is 46.0 Å². The minimum absolute atomic E-state index is 0.107. The molecule has 1 unspecified atom stereocenters. The molecule has 0 amide bonds. The van der Waals surface area contributed by atoms with E-state index in [2.05, 4.69) is 26.1 Å². The van der Waals surface area contributed by atoms with E-state index in [9.17, 15) is 0 Å². The Kier molecular flexibility index (Phi) is 3.91. The molecule has 2 aromatic rings. The average Bonchev–Trinajstić information content (AvgIpc) is 2.80. The minimum atomic E-state index is 0.107. The summed E-state index contributed by atoms with van der Waals surface area (Å²) in [7, 11) is 0. The van der Waals surface area contributed by atoms with Crippen LogP contribution in [-0.4, -0.2) is 16.7 Å². The molecule has 0 aliphatic carbocycles. The van der Waals surface area contributed by atoms with Crippen molar-refractivity contribution in [3.63, 3.8) is 0 Å². The number of halogens is 1. The third kappa shape index (κ3) is 2.92. The van der Waals surface area contributed by atoms with E-state index in [-0.39, 0.29) is 5.92 Å². The van der Waals surface area contributed by atoms with Crippen molar-refractivity contribution in [2.75, 3.05) is 6.54 Å². The maximum absolute atomic E-state index is 5.55. The lowest BCUT2D eigenvalue weighted by atomic mass is 10.1. The summed E-state index contributed by atoms with van der Waals surface area (Å²) in [5, 5.41) is 3.96. The Morgan fingerprint density at radius 2 is 2.18 bits per heavy atom. The summed E-state index contributed by atoms with van der Waals surface area (Å²) in [6, 6.07) is 8.00. The largest absolute Gasteiger partial charge is 0.339 e. The summed E-state index contributed by atoms with van der Waals surface area (Å²) >= 11 is 3.50. The van der Waals surface area contributed by atoms with Crippen LogP contribution in [0, 0.1) is 0 Å². The third-order valence-electron chi connectivity index (χ3n) is 2.57. The van der Waals surface area contributed by atoms with E-state index >= 15 is 0 Å². The standard InChI is InChI=1S/C12H14BrN3O/c1-8(7-14)12-15-11(16-17-12)6-9-4-2-3-5-10(9)13/h2-5,8H,6-7,14H2,1H3. The summed E-state index contributed by atoms with van der Waals surface area (Å²) in [5.74, 6) is 1.40. The number of hydrogen-bond acceptors (Lipinski definition) is 4. The fourth-order valence-electron chi connectivity index (χ4n) is 1.45. The molecule has 0 aliphatic rings. The van der Waals surface area contributed by atoms with Crippen LogP contribution in [0.15, 0.2) is 33.3 Å². The van der Waals surface area contributed by atoms with Gasteiger partial charge in [-0.3, -0.25) is 0 Å². The molecular formula is C12H14BrN3O. The van der Waals surface area contributed by atoms with Crippen LogP contribution in [0.25, 0.3) is 0 Å². The molecule has 17 heavy (non-hydrogen) atoms. The number of rotatable bonds is 4. The highest BCUT2D eigenvalue weighted by atomic mass is 79.9. The van der Waals surface area contributed by atoms with Gasteiger partial charge in [-0.2, -0.15) is 4.98 Å². The van der Waals surface area contributed by atoms with Gasteiger partial charge in [0.25, 0.3) is 0 Å². The van der Waals surface area contributed by atoms with Crippen molar-refractivity contribution >= 4 is 15.9 Å². The summed E-state index contributed by atoms with van der Waals surface area (Å²) in [6.45, 7) is 2.48. The van der Waals surface area contributed by atoms with Gasteiger partial charge in [0.05, 0.1) is 0 Å². The van der Waals surface area contributed by atoms with Crippen molar-refractivity contribution in [2.24, 2.45) is 5.73 Å². The van der Waals surface area contributed by atoms with E-state index in [1.54, 1.807) is 0 Å². The topological polar surface area (TPSA) is 64.9 Å². The Hall–Kier alpha value is -1.20. The molecule has 2 rings (SSSR count). The Morgan fingerprint density at radius 3 is 2.88 bits per heavy atom. The average molecular weight is 296 g/mol. The molecule has 0 fully saturated rings. The van der Waals surface area contributed by atoms with Crippen molar-refractivity contribution in [1.82, 2.24) is 10.1 Å². The summed E-state index contributed by atoms with van der Waals surface area (Å²) in [6.07, 6.45) is 0.655. The van der Waals surface area contributed by atoms with E-state index in [1.807, 2.05) is 31.2 Å². The van der Waals surface area contributed by atoms with Crippen LogP contribution < -0.4 is 5.73 Å². The van der Waals surface area contributed by atoms with E-state index in [0.29, 0.717) is 24.7 Å². The van der Waals surface area contributed by atoms with Gasteiger partial charge in [-0.1, -0.05) is 46.2 Å². The Labute approximate surface area is 108 Å². The number of nitrogens with two attached hydrogens (primary N) is 1. The van der Waals surface area contributed by atoms with Gasteiger partial charge in [-0.15, -0.1) is 0 Å². The molecule has 0 aliphatic heterocycles. The monoisotopic (exact) mass is 295 g/mol. The zero-order valence-corrected chi connectivity index (χ0v) is 11.1. The molecule has 1 aromatic heterocycles. The molecule has 0 saturated heterocycles. The predicted molar refractivity (Wildman–Crippen MR) is 68.7 cm³/mol. The van der Waals surface area contributed by atoms with Crippen LogP contribution in [0.1, 0.15) is 30.1 Å². The van der Waals surface area contributed by atoms with Gasteiger partial charge in [-0.25, -0.2) is 0 Å². The van der Waals surface area contributed by atoms with E-state index < -0.39 is 0 Å². The molecular weight excluding hydrogens is 282 g/mol. The summed E-state index contributed by atoms with van der Waals surface area (Å²) < 4.78 is 6.23. The number of aromatic nitrogens is 2. The van der Waals surface area contributed by atoms with Crippen LogP contribution in [0.2, 0.25) is 0 Å². The molecule has 0 saturated carbocycles. The van der Waals surface area contributed by atoms with Gasteiger partial charge in [0.2, 0.25) is 5.89 Å². The summed E-state index contributed by atoms with van der Waals surface area (Å²) in [5.41, 5.74) is 6.69. The zero-order valence-electron chi connectivity index (χ0n) is 9.56. The Bertz CT molecular complexity index is 498. The SMILES string of the molecule is CC(CN)c1nc(Cc2ccccc2Br)no1. The van der Waals surface area contributed by atoms with Crippen LogP contribution >= 0.6 is 15.9 Å². The molecule has 1 heterocycles. The van der Waals surface area contributed by atoms with Crippen molar-refractivity contribution < 1.29 is 4.52 Å². The highest BCUT2D eigenvalue weighted by molar-refractivity contribution is 9.10. The fraction of sp³-hybridized carbons (Fsp3) is 0.333. The minimum Gasteiger partial charge on any atom is -0.339 e. The highest BCUT2D eigenvalue weighted by Crippen LogP contribution is 2.19. The third-order valence-corrected chi connectivity index (χ3v) is 3.34. The van der Waals surface area contributed by atoms with Crippen LogP contribution in [-0.2, 0) is 6.42 Å². The molecule has 1 atom stereocenters. The highest BCUT2D eigenvalue weighted by Gasteiger charge is 2.13. The Morgan fingerprint density at radius 1 is 1.41 bits per heavy atom. The number of nitrogens with zero attached hydrogens (tertiary/aromatic N) is 2. The van der Waals surface area contributed by atoms with E-state index in [1.165, 1.54) is 0 Å². The lowest BCUT2D eigenvalue weighted by Crippen LogP contribution is -2.09. The first-order valence-electron chi connectivity index (χ1n) is 5.46.